The third-order valence-corrected chi connectivity index (χ3v) is 5.50. The summed E-state index contributed by atoms with van der Waals surface area (Å²) in [6.45, 7) is 0. The van der Waals surface area contributed by atoms with E-state index >= 15 is 0 Å². The Bertz CT molecular complexity index is 1130. The van der Waals surface area contributed by atoms with Crippen molar-refractivity contribution in [3.8, 4) is 0 Å². The lowest BCUT2D eigenvalue weighted by molar-refractivity contribution is -0.137. The lowest BCUT2D eigenvalue weighted by atomic mass is 10.1. The third-order valence-electron chi connectivity index (χ3n) is 5.50. The number of aromatic nitrogens is 2. The van der Waals surface area contributed by atoms with Crippen molar-refractivity contribution in [2.75, 3.05) is 5.32 Å². The first-order valence-corrected chi connectivity index (χ1v) is 10.6. The summed E-state index contributed by atoms with van der Waals surface area (Å²) >= 11 is 0. The Labute approximate surface area is 189 Å². The fourth-order valence-electron chi connectivity index (χ4n) is 3.78. The normalized spacial score (nSPS) is 17.2. The number of rotatable bonds is 6. The fourth-order valence-corrected chi connectivity index (χ4v) is 3.78. The van der Waals surface area contributed by atoms with Crippen LogP contribution in [0.15, 0.2) is 78.8 Å². The quantitative estimate of drug-likeness (QED) is 0.472. The second kappa shape index (κ2) is 9.85. The van der Waals surface area contributed by atoms with Gasteiger partial charge in [0.25, 0.3) is 5.91 Å². The van der Waals surface area contributed by atoms with Crippen LogP contribution < -0.4 is 10.6 Å². The second-order valence-electron chi connectivity index (χ2n) is 7.98. The van der Waals surface area contributed by atoms with Gasteiger partial charge in [0, 0.05) is 30.3 Å². The first-order valence-electron chi connectivity index (χ1n) is 10.6. The average molecular weight is 452 g/mol. The largest absolute Gasteiger partial charge is 0.417 e. The van der Waals surface area contributed by atoms with E-state index in [1.807, 2.05) is 24.3 Å². The molecule has 1 aliphatic rings. The Morgan fingerprint density at radius 1 is 1.12 bits per heavy atom. The van der Waals surface area contributed by atoms with Crippen molar-refractivity contribution in [3.63, 3.8) is 0 Å². The molecule has 2 aromatic heterocycles. The van der Waals surface area contributed by atoms with Crippen LogP contribution in [0.25, 0.3) is 0 Å². The molecule has 2 heterocycles. The molecular formula is C25H23F3N4O. The maximum Gasteiger partial charge on any atom is 0.417 e. The molecule has 1 unspecified atom stereocenters. The molecule has 8 heteroatoms. The smallest absolute Gasteiger partial charge is 0.349 e. The van der Waals surface area contributed by atoms with Gasteiger partial charge in [-0.1, -0.05) is 23.8 Å². The van der Waals surface area contributed by atoms with Gasteiger partial charge in [0.05, 0.1) is 11.1 Å². The fraction of sp³-hybridized carbons (Fsp3) is 0.240. The lowest BCUT2D eigenvalue weighted by Gasteiger charge is -2.11. The number of allylic oxidation sites excluding steroid dienone is 1. The van der Waals surface area contributed by atoms with Gasteiger partial charge in [0.15, 0.2) is 0 Å². The number of amides is 1. The molecule has 1 aromatic carbocycles. The van der Waals surface area contributed by atoms with Crippen molar-refractivity contribution in [2.45, 2.75) is 37.9 Å². The molecule has 1 fully saturated rings. The van der Waals surface area contributed by atoms with Crippen LogP contribution in [-0.4, -0.2) is 21.9 Å². The van der Waals surface area contributed by atoms with Crippen LogP contribution in [-0.2, 0) is 12.6 Å². The van der Waals surface area contributed by atoms with E-state index < -0.39 is 11.7 Å². The summed E-state index contributed by atoms with van der Waals surface area (Å²) in [5, 5.41) is 6.11. The predicted octanol–water partition coefficient (Wildman–Crippen LogP) is 5.69. The summed E-state index contributed by atoms with van der Waals surface area (Å²) in [5.74, 6) is 0.242. The number of hydrogen-bond acceptors (Lipinski definition) is 4. The molecule has 0 aliphatic heterocycles. The zero-order valence-corrected chi connectivity index (χ0v) is 17.8. The summed E-state index contributed by atoms with van der Waals surface area (Å²) in [4.78, 5) is 20.1. The molecule has 1 saturated carbocycles. The van der Waals surface area contributed by atoms with Crippen molar-refractivity contribution >= 4 is 17.4 Å². The number of carbonyl (C=O) groups is 1. The summed E-state index contributed by atoms with van der Waals surface area (Å²) in [5.41, 5.74) is 2.91. The molecule has 33 heavy (non-hydrogen) atoms. The number of hydrogen-bond donors (Lipinski definition) is 2. The number of nitrogens with one attached hydrogen (secondary N) is 2. The highest BCUT2D eigenvalue weighted by Crippen LogP contribution is 2.29. The van der Waals surface area contributed by atoms with E-state index in [4.69, 9.17) is 0 Å². The zero-order valence-electron chi connectivity index (χ0n) is 17.8. The van der Waals surface area contributed by atoms with Crippen LogP contribution in [0.2, 0.25) is 0 Å². The minimum Gasteiger partial charge on any atom is -0.349 e. The summed E-state index contributed by atoms with van der Waals surface area (Å²) in [6.07, 6.45) is 5.18. The molecule has 2 N–H and O–H groups in total. The Hall–Kier alpha value is -3.68. The number of pyridine rings is 2. The predicted molar refractivity (Wildman–Crippen MR) is 120 cm³/mol. The van der Waals surface area contributed by atoms with Gasteiger partial charge in [0.2, 0.25) is 0 Å². The number of halogens is 3. The first kappa shape index (κ1) is 22.5. The van der Waals surface area contributed by atoms with Crippen molar-refractivity contribution in [3.05, 3.63) is 95.5 Å². The van der Waals surface area contributed by atoms with Crippen LogP contribution in [0.5, 0.6) is 0 Å². The minimum absolute atomic E-state index is 0.106. The topological polar surface area (TPSA) is 66.9 Å². The van der Waals surface area contributed by atoms with E-state index in [0.717, 1.165) is 49.2 Å². The molecule has 170 valence electrons. The third kappa shape index (κ3) is 6.19. The maximum atomic E-state index is 12.7. The van der Waals surface area contributed by atoms with Gasteiger partial charge in [-0.15, -0.1) is 0 Å². The van der Waals surface area contributed by atoms with Gasteiger partial charge < -0.3 is 10.6 Å². The lowest BCUT2D eigenvalue weighted by Crippen LogP contribution is -2.32. The highest BCUT2D eigenvalue weighted by Gasteiger charge is 2.30. The Morgan fingerprint density at radius 3 is 2.73 bits per heavy atom. The Morgan fingerprint density at radius 2 is 2.00 bits per heavy atom. The average Bonchev–Trinajstić information content (AvgIpc) is 3.25. The van der Waals surface area contributed by atoms with Crippen molar-refractivity contribution in [1.82, 2.24) is 15.3 Å². The van der Waals surface area contributed by atoms with E-state index in [2.05, 4.69) is 26.7 Å². The van der Waals surface area contributed by atoms with Gasteiger partial charge >= 0.3 is 6.18 Å². The van der Waals surface area contributed by atoms with Crippen LogP contribution in [0, 0.1) is 0 Å². The van der Waals surface area contributed by atoms with Crippen molar-refractivity contribution < 1.29 is 18.0 Å². The van der Waals surface area contributed by atoms with E-state index in [1.165, 1.54) is 11.6 Å². The van der Waals surface area contributed by atoms with Gasteiger partial charge in [-0.2, -0.15) is 13.2 Å². The van der Waals surface area contributed by atoms with Crippen molar-refractivity contribution in [2.24, 2.45) is 0 Å². The standard InChI is InChI=1S/C25H23F3N4O/c26-25(27,28)20-9-11-23(30-16-20)31-21-5-1-3-17(13-21)6-7-18-8-10-22(14-18)32-24(33)19-4-2-12-29-15-19/h1-5,7,9,11-13,15-16,22H,6,8,10,14H2,(H,30,31)(H,32,33)/b18-7+. The molecule has 0 radical (unpaired) electrons. The molecule has 0 bridgehead atoms. The monoisotopic (exact) mass is 452 g/mol. The van der Waals surface area contributed by atoms with Gasteiger partial charge in [-0.25, -0.2) is 4.98 Å². The maximum absolute atomic E-state index is 12.7. The molecule has 4 rings (SSSR count). The number of nitrogens with zero attached hydrogens (tertiary/aromatic N) is 2. The summed E-state index contributed by atoms with van der Waals surface area (Å²) in [7, 11) is 0. The highest BCUT2D eigenvalue weighted by atomic mass is 19.4. The van der Waals surface area contributed by atoms with Crippen LogP contribution >= 0.6 is 0 Å². The summed E-state index contributed by atoms with van der Waals surface area (Å²) < 4.78 is 38.1. The Kier molecular flexibility index (Phi) is 6.72. The van der Waals surface area contributed by atoms with E-state index in [-0.39, 0.29) is 11.9 Å². The first-order chi connectivity index (χ1) is 15.9. The number of anilines is 2. The van der Waals surface area contributed by atoms with E-state index in [1.54, 1.807) is 24.5 Å². The molecule has 1 amide bonds. The molecule has 1 aliphatic carbocycles. The van der Waals surface area contributed by atoms with Gasteiger partial charge in [-0.05, 0) is 67.6 Å². The Balaban J connectivity index is 1.32. The van der Waals surface area contributed by atoms with Crippen molar-refractivity contribution in [1.29, 1.82) is 0 Å². The van der Waals surface area contributed by atoms with Gasteiger partial charge in [0.1, 0.15) is 5.82 Å². The van der Waals surface area contributed by atoms with Crippen LogP contribution in [0.4, 0.5) is 24.7 Å². The molecule has 5 nitrogen and oxygen atoms in total. The molecule has 0 saturated heterocycles. The van der Waals surface area contributed by atoms with Crippen LogP contribution in [0.1, 0.15) is 40.7 Å². The molecule has 0 spiro atoms. The number of carbonyl (C=O) groups excluding carboxylic acids is 1. The molecule has 3 aromatic rings. The van der Waals surface area contributed by atoms with E-state index in [9.17, 15) is 18.0 Å². The van der Waals surface area contributed by atoms with Gasteiger partial charge in [-0.3, -0.25) is 9.78 Å². The molecular weight excluding hydrogens is 429 g/mol. The van der Waals surface area contributed by atoms with E-state index in [0.29, 0.717) is 11.4 Å². The molecule has 1 atom stereocenters. The number of alkyl halides is 3. The SMILES string of the molecule is O=C(NC1CC/C(=C\Cc2cccc(Nc3ccc(C(F)(F)F)cn3)c2)C1)c1cccnc1. The van der Waals surface area contributed by atoms with Crippen LogP contribution in [0.3, 0.4) is 0 Å². The second-order valence-corrected chi connectivity index (χ2v) is 7.98. The highest BCUT2D eigenvalue weighted by molar-refractivity contribution is 5.94. The zero-order chi connectivity index (χ0) is 23.3. The minimum atomic E-state index is -4.40. The summed E-state index contributed by atoms with van der Waals surface area (Å²) in [6, 6.07) is 13.6. The number of benzene rings is 1.